The van der Waals surface area contributed by atoms with E-state index in [9.17, 15) is 4.39 Å². The lowest BCUT2D eigenvalue weighted by Crippen LogP contribution is -1.95. The van der Waals surface area contributed by atoms with Crippen LogP contribution in [0.5, 0.6) is 0 Å². The van der Waals surface area contributed by atoms with Crippen molar-refractivity contribution in [3.05, 3.63) is 30.2 Å². The summed E-state index contributed by atoms with van der Waals surface area (Å²) < 4.78 is 13.5. The number of aryl methyl sites for hydroxylation is 1. The van der Waals surface area contributed by atoms with Crippen molar-refractivity contribution in [1.82, 2.24) is 15.0 Å². The van der Waals surface area contributed by atoms with Gasteiger partial charge in [0, 0.05) is 12.6 Å². The van der Waals surface area contributed by atoms with Gasteiger partial charge in [0.25, 0.3) is 0 Å². The van der Waals surface area contributed by atoms with E-state index in [0.29, 0.717) is 11.3 Å². The third kappa shape index (κ3) is 1.32. The Balaban J connectivity index is 2.57. The Bertz CT molecular complexity index is 464. The summed E-state index contributed by atoms with van der Waals surface area (Å²) in [6.45, 7) is 0. The lowest BCUT2D eigenvalue weighted by molar-refractivity contribution is 0.632. The van der Waals surface area contributed by atoms with Crippen LogP contribution in [-0.2, 0) is 7.05 Å². The van der Waals surface area contributed by atoms with Crippen molar-refractivity contribution in [2.75, 3.05) is 5.73 Å². The van der Waals surface area contributed by atoms with Gasteiger partial charge in [0.15, 0.2) is 5.82 Å². The molecule has 0 unspecified atom stereocenters. The summed E-state index contributed by atoms with van der Waals surface area (Å²) in [5, 5.41) is 7.85. The maximum Gasteiger partial charge on any atom is 0.155 e. The number of halogens is 1. The second-order valence-electron chi connectivity index (χ2n) is 2.93. The zero-order valence-corrected chi connectivity index (χ0v) is 7.61. The van der Waals surface area contributed by atoms with E-state index in [4.69, 9.17) is 5.73 Å². The average Bonchev–Trinajstić information content (AvgIpc) is 2.57. The first-order valence-electron chi connectivity index (χ1n) is 4.09. The van der Waals surface area contributed by atoms with Gasteiger partial charge in [0.1, 0.15) is 5.69 Å². The molecule has 5 heteroatoms. The molecule has 2 aromatic rings. The minimum atomic E-state index is -0.451. The molecule has 0 aliphatic rings. The second-order valence-corrected chi connectivity index (χ2v) is 2.93. The molecule has 0 radical (unpaired) electrons. The third-order valence-corrected chi connectivity index (χ3v) is 1.90. The molecule has 0 bridgehead atoms. The standard InChI is InChI=1S/C9H9FN4/c1-14-12-5-8(13-14)6-3-2-4-7(11)9(6)10/h2-5H,11H2,1H3. The number of hydrogen-bond acceptors (Lipinski definition) is 3. The normalized spacial score (nSPS) is 10.4. The van der Waals surface area contributed by atoms with E-state index < -0.39 is 5.82 Å². The smallest absolute Gasteiger partial charge is 0.155 e. The van der Waals surface area contributed by atoms with Gasteiger partial charge in [-0.15, -0.1) is 0 Å². The quantitative estimate of drug-likeness (QED) is 0.691. The molecule has 0 aliphatic heterocycles. The van der Waals surface area contributed by atoms with Gasteiger partial charge in [-0.2, -0.15) is 15.0 Å². The van der Waals surface area contributed by atoms with Crippen molar-refractivity contribution >= 4 is 5.69 Å². The summed E-state index contributed by atoms with van der Waals surface area (Å²) in [5.74, 6) is -0.451. The van der Waals surface area contributed by atoms with Gasteiger partial charge in [-0.25, -0.2) is 4.39 Å². The van der Waals surface area contributed by atoms with Crippen LogP contribution in [0, 0.1) is 5.82 Å². The number of nitrogen functional groups attached to an aromatic ring is 1. The summed E-state index contributed by atoms with van der Waals surface area (Å²) in [4.78, 5) is 1.37. The maximum absolute atomic E-state index is 13.5. The van der Waals surface area contributed by atoms with Gasteiger partial charge >= 0.3 is 0 Å². The molecular weight excluding hydrogens is 183 g/mol. The van der Waals surface area contributed by atoms with E-state index in [1.165, 1.54) is 17.1 Å². The Kier molecular flexibility index (Phi) is 1.92. The topological polar surface area (TPSA) is 56.7 Å². The van der Waals surface area contributed by atoms with E-state index in [1.807, 2.05) is 0 Å². The van der Waals surface area contributed by atoms with Gasteiger partial charge in [-0.1, -0.05) is 6.07 Å². The highest BCUT2D eigenvalue weighted by Crippen LogP contribution is 2.23. The third-order valence-electron chi connectivity index (χ3n) is 1.90. The highest BCUT2D eigenvalue weighted by molar-refractivity contribution is 5.64. The number of anilines is 1. The molecule has 1 heterocycles. The summed E-state index contributed by atoms with van der Waals surface area (Å²) >= 11 is 0. The predicted molar refractivity (Wildman–Crippen MR) is 50.8 cm³/mol. The Hall–Kier alpha value is -1.91. The Morgan fingerprint density at radius 2 is 2.21 bits per heavy atom. The minimum Gasteiger partial charge on any atom is -0.396 e. The first kappa shape index (κ1) is 8.68. The fourth-order valence-electron chi connectivity index (χ4n) is 1.22. The average molecular weight is 192 g/mol. The molecule has 0 spiro atoms. The molecule has 1 aromatic carbocycles. The van der Waals surface area contributed by atoms with E-state index in [1.54, 1.807) is 19.2 Å². The van der Waals surface area contributed by atoms with Crippen LogP contribution in [0.25, 0.3) is 11.3 Å². The van der Waals surface area contributed by atoms with Crippen molar-refractivity contribution in [1.29, 1.82) is 0 Å². The first-order chi connectivity index (χ1) is 6.68. The number of nitrogens with zero attached hydrogens (tertiary/aromatic N) is 3. The highest BCUT2D eigenvalue weighted by atomic mass is 19.1. The molecule has 14 heavy (non-hydrogen) atoms. The van der Waals surface area contributed by atoms with Gasteiger partial charge in [0.2, 0.25) is 0 Å². The van der Waals surface area contributed by atoms with Gasteiger partial charge in [0.05, 0.1) is 11.9 Å². The maximum atomic E-state index is 13.5. The van der Waals surface area contributed by atoms with Crippen LogP contribution in [0.2, 0.25) is 0 Å². The van der Waals surface area contributed by atoms with E-state index in [-0.39, 0.29) is 5.69 Å². The zero-order chi connectivity index (χ0) is 10.1. The number of nitrogens with two attached hydrogens (primary N) is 1. The SMILES string of the molecule is Cn1ncc(-c2cccc(N)c2F)n1. The van der Waals surface area contributed by atoms with Crippen LogP contribution in [0.15, 0.2) is 24.4 Å². The van der Waals surface area contributed by atoms with Gasteiger partial charge < -0.3 is 5.73 Å². The first-order valence-corrected chi connectivity index (χ1v) is 4.09. The molecule has 1 aromatic heterocycles. The lowest BCUT2D eigenvalue weighted by Gasteiger charge is -2.00. The Morgan fingerprint density at radius 3 is 2.86 bits per heavy atom. The molecule has 72 valence electrons. The predicted octanol–water partition coefficient (Wildman–Crippen LogP) is 1.20. The van der Waals surface area contributed by atoms with E-state index >= 15 is 0 Å². The number of benzene rings is 1. The van der Waals surface area contributed by atoms with Crippen LogP contribution in [0.1, 0.15) is 0 Å². The van der Waals surface area contributed by atoms with Crippen LogP contribution < -0.4 is 5.73 Å². The molecule has 2 N–H and O–H groups in total. The zero-order valence-electron chi connectivity index (χ0n) is 7.61. The summed E-state index contributed by atoms with van der Waals surface area (Å²) in [6.07, 6.45) is 1.50. The molecule has 0 amide bonds. The molecular formula is C9H9FN4. The fourth-order valence-corrected chi connectivity index (χ4v) is 1.22. The van der Waals surface area contributed by atoms with Crippen LogP contribution >= 0.6 is 0 Å². The molecule has 2 rings (SSSR count). The monoisotopic (exact) mass is 192 g/mol. The van der Waals surface area contributed by atoms with Crippen molar-refractivity contribution in [3.63, 3.8) is 0 Å². The molecule has 0 aliphatic carbocycles. The molecule has 0 saturated carbocycles. The van der Waals surface area contributed by atoms with Crippen LogP contribution in [-0.4, -0.2) is 15.0 Å². The van der Waals surface area contributed by atoms with Gasteiger partial charge in [-0.05, 0) is 12.1 Å². The van der Waals surface area contributed by atoms with Crippen molar-refractivity contribution < 1.29 is 4.39 Å². The molecule has 0 atom stereocenters. The Morgan fingerprint density at radius 1 is 1.43 bits per heavy atom. The van der Waals surface area contributed by atoms with Crippen molar-refractivity contribution in [2.45, 2.75) is 0 Å². The molecule has 0 fully saturated rings. The summed E-state index contributed by atoms with van der Waals surface area (Å²) in [5.41, 5.74) is 6.41. The van der Waals surface area contributed by atoms with E-state index in [2.05, 4.69) is 10.2 Å². The second kappa shape index (κ2) is 3.10. The highest BCUT2D eigenvalue weighted by Gasteiger charge is 2.10. The number of aromatic nitrogens is 3. The van der Waals surface area contributed by atoms with Crippen LogP contribution in [0.3, 0.4) is 0 Å². The molecule has 0 saturated heterocycles. The largest absolute Gasteiger partial charge is 0.396 e. The molecule has 4 nitrogen and oxygen atoms in total. The van der Waals surface area contributed by atoms with Crippen LogP contribution in [0.4, 0.5) is 10.1 Å². The summed E-state index contributed by atoms with van der Waals surface area (Å²) in [6, 6.07) is 4.81. The van der Waals surface area contributed by atoms with E-state index in [0.717, 1.165) is 0 Å². The number of hydrogen-bond donors (Lipinski definition) is 1. The van der Waals surface area contributed by atoms with Gasteiger partial charge in [-0.3, -0.25) is 0 Å². The van der Waals surface area contributed by atoms with Crippen molar-refractivity contribution in [2.24, 2.45) is 7.05 Å². The van der Waals surface area contributed by atoms with Crippen molar-refractivity contribution in [3.8, 4) is 11.3 Å². The minimum absolute atomic E-state index is 0.119. The Labute approximate surface area is 80.2 Å². The summed E-state index contributed by atoms with van der Waals surface area (Å²) in [7, 11) is 1.67. The number of rotatable bonds is 1. The lowest BCUT2D eigenvalue weighted by atomic mass is 10.1. The fraction of sp³-hybridized carbons (Fsp3) is 0.111.